The monoisotopic (exact) mass is 805 g/mol. The highest BCUT2D eigenvalue weighted by Crippen LogP contribution is 2.73. The van der Waals surface area contributed by atoms with E-state index in [0.717, 1.165) is 38.2 Å². The van der Waals surface area contributed by atoms with Crippen LogP contribution >= 0.6 is 33.6 Å². The van der Waals surface area contributed by atoms with Crippen LogP contribution in [-0.4, -0.2) is 139 Å². The van der Waals surface area contributed by atoms with Crippen LogP contribution in [0.5, 0.6) is 0 Å². The molecule has 20 heteroatoms. The number of ether oxygens (including phenoxy) is 2. The number of Topliss-reactive ketones (excluding diaryl/α,β-unsaturated/α-hetero) is 2. The summed E-state index contributed by atoms with van der Waals surface area (Å²) in [6.07, 6.45) is 0. The van der Waals surface area contributed by atoms with Crippen molar-refractivity contribution in [3.05, 3.63) is 35.9 Å². The lowest BCUT2D eigenvalue weighted by Gasteiger charge is -2.54. The van der Waals surface area contributed by atoms with Crippen LogP contribution in [0.1, 0.15) is 53.1 Å². The third kappa shape index (κ3) is 5.15. The summed E-state index contributed by atoms with van der Waals surface area (Å²) in [5.41, 5.74) is 6.70. The molecule has 6 saturated heterocycles. The van der Waals surface area contributed by atoms with Crippen LogP contribution in [-0.2, 0) is 52.6 Å². The lowest BCUT2D eigenvalue weighted by Crippen LogP contribution is -2.72. The molecule has 4 N–H and O–H groups in total. The van der Waals surface area contributed by atoms with Gasteiger partial charge in [-0.25, -0.2) is 14.4 Å². The number of carbonyl (C=O) groups excluding carboxylic acids is 8. The van der Waals surface area contributed by atoms with Gasteiger partial charge in [-0.2, -0.15) is 0 Å². The van der Waals surface area contributed by atoms with Gasteiger partial charge in [0.2, 0.25) is 11.8 Å². The number of hydrogen-bond donors (Lipinski definition) is 3. The van der Waals surface area contributed by atoms with E-state index in [0.29, 0.717) is 5.56 Å². The summed E-state index contributed by atoms with van der Waals surface area (Å²) in [6.45, 7) is 9.81. The van der Waals surface area contributed by atoms with Crippen molar-refractivity contribution in [2.45, 2.75) is 102 Å². The van der Waals surface area contributed by atoms with Crippen LogP contribution in [0.15, 0.2) is 30.3 Å². The van der Waals surface area contributed by atoms with E-state index >= 15 is 0 Å². The Morgan fingerprint density at radius 3 is 1.70 bits per heavy atom. The topological polar surface area (TPSA) is 240 Å². The molecule has 6 heterocycles. The van der Waals surface area contributed by atoms with E-state index in [1.807, 2.05) is 0 Å². The van der Waals surface area contributed by atoms with Gasteiger partial charge in [0.15, 0.2) is 0 Å². The number of carbonyl (C=O) groups is 9. The van der Waals surface area contributed by atoms with Crippen LogP contribution < -0.4 is 11.1 Å². The molecule has 6 fully saturated rings. The first-order chi connectivity index (χ1) is 25.1. The first-order valence-corrected chi connectivity index (χ1v) is 20.7. The Labute approximate surface area is 319 Å². The molecule has 0 spiro atoms. The second-order valence-electron chi connectivity index (χ2n) is 15.6. The molecule has 290 valence electrons. The van der Waals surface area contributed by atoms with Crippen molar-refractivity contribution in [2.75, 3.05) is 11.9 Å². The molecule has 1 aromatic carbocycles. The number of nitrogens with one attached hydrogen (secondary N) is 1. The molecule has 4 amide bonds. The Bertz CT molecular complexity index is 1870. The maximum atomic E-state index is 14.0. The van der Waals surface area contributed by atoms with Crippen LogP contribution in [0.3, 0.4) is 0 Å². The van der Waals surface area contributed by atoms with Crippen molar-refractivity contribution in [1.29, 1.82) is 0 Å². The Kier molecular flexibility index (Phi) is 8.79. The Balaban J connectivity index is 1.24. The van der Waals surface area contributed by atoms with E-state index in [1.165, 1.54) is 0 Å². The summed E-state index contributed by atoms with van der Waals surface area (Å²) in [6, 6.07) is 1.86. The lowest BCUT2D eigenvalue weighted by atomic mass is 9.95. The number of amides is 4. The fourth-order valence-corrected chi connectivity index (χ4v) is 15.5. The van der Waals surface area contributed by atoms with Gasteiger partial charge in [0, 0.05) is 14.2 Å². The van der Waals surface area contributed by atoms with Crippen molar-refractivity contribution in [2.24, 2.45) is 5.73 Å². The van der Waals surface area contributed by atoms with E-state index in [9.17, 15) is 48.3 Å². The number of aliphatic carboxylic acids is 1. The van der Waals surface area contributed by atoms with Gasteiger partial charge in [0.05, 0.1) is 5.37 Å². The largest absolute Gasteiger partial charge is 0.480 e. The number of carboxylic acid groups (broad SMARTS) is 1. The normalized spacial score (nSPS) is 33.0. The predicted molar refractivity (Wildman–Crippen MR) is 193 cm³/mol. The molecule has 0 bridgehead atoms. The third-order valence-corrected chi connectivity index (χ3v) is 19.1. The molecule has 6 aliphatic rings. The number of benzene rings is 1. The smallest absolute Gasteiger partial charge is 0.331 e. The maximum absolute atomic E-state index is 14.0. The zero-order valence-corrected chi connectivity index (χ0v) is 32.5. The van der Waals surface area contributed by atoms with Crippen molar-refractivity contribution < 1.29 is 57.7 Å². The number of nitrogens with zero attached hydrogens (tertiary/aromatic N) is 3. The molecule has 0 aliphatic carbocycles. The second-order valence-corrected chi connectivity index (χ2v) is 22.9. The number of esters is 2. The molecule has 7 rings (SSSR count). The molecule has 2 unspecified atom stereocenters. The molecule has 0 aromatic heterocycles. The third-order valence-electron chi connectivity index (χ3n) is 11.3. The zero-order valence-electron chi connectivity index (χ0n) is 30.0. The highest BCUT2D eigenvalue weighted by atomic mass is 32.3. The fourth-order valence-electron chi connectivity index (χ4n) is 8.37. The molecule has 54 heavy (non-hydrogen) atoms. The minimum Gasteiger partial charge on any atom is -0.480 e. The number of nitrogens with two attached hydrogens (primary N) is 1. The number of fused-ring (bicyclic) bond motifs is 3. The fraction of sp³-hybridized carbons (Fsp3) is 0.559. The molecular formula is C34H39N5O12S3. The highest BCUT2D eigenvalue weighted by Gasteiger charge is 2.75. The quantitative estimate of drug-likeness (QED) is 0.156. The Morgan fingerprint density at radius 1 is 0.796 bits per heavy atom. The van der Waals surface area contributed by atoms with E-state index in [-0.39, 0.29) is 0 Å². The lowest BCUT2D eigenvalue weighted by molar-refractivity contribution is -0.166. The number of thioether (sulfide) groups is 2. The highest BCUT2D eigenvalue weighted by molar-refractivity contribution is 8.35. The van der Waals surface area contributed by atoms with Crippen LogP contribution in [0.4, 0.5) is 0 Å². The van der Waals surface area contributed by atoms with Gasteiger partial charge in [-0.1, -0.05) is 30.3 Å². The van der Waals surface area contributed by atoms with Gasteiger partial charge in [-0.05, 0) is 47.1 Å². The van der Waals surface area contributed by atoms with E-state index in [1.54, 1.807) is 71.9 Å². The average Bonchev–Trinajstić information content (AvgIpc) is 3.62. The summed E-state index contributed by atoms with van der Waals surface area (Å²) in [4.78, 5) is 121. The minimum absolute atomic E-state index is 0.444. The number of ketones is 2. The van der Waals surface area contributed by atoms with E-state index < -0.39 is 136 Å². The van der Waals surface area contributed by atoms with Crippen LogP contribution in [0.25, 0.3) is 0 Å². The van der Waals surface area contributed by atoms with Gasteiger partial charge >= 0.3 is 17.9 Å². The van der Waals surface area contributed by atoms with Crippen molar-refractivity contribution >= 4 is 86.7 Å². The van der Waals surface area contributed by atoms with Crippen LogP contribution in [0.2, 0.25) is 0 Å². The summed E-state index contributed by atoms with van der Waals surface area (Å²) in [5, 5.41) is 10.3. The van der Waals surface area contributed by atoms with Crippen molar-refractivity contribution in [3.63, 3.8) is 0 Å². The van der Waals surface area contributed by atoms with Gasteiger partial charge in [-0.15, -0.1) is 33.6 Å². The zero-order chi connectivity index (χ0) is 39.6. The Morgan fingerprint density at radius 2 is 1.26 bits per heavy atom. The molecule has 17 nitrogen and oxygen atoms in total. The van der Waals surface area contributed by atoms with Crippen LogP contribution in [0, 0.1) is 0 Å². The summed E-state index contributed by atoms with van der Waals surface area (Å²) in [7, 11) is -3.06. The predicted octanol–water partition coefficient (Wildman–Crippen LogP) is -0.346. The molecule has 6 aliphatic heterocycles. The second kappa shape index (κ2) is 12.4. The van der Waals surface area contributed by atoms with Crippen molar-refractivity contribution in [3.8, 4) is 0 Å². The molecule has 0 radical (unpaired) electrons. The molecule has 0 saturated carbocycles. The molecule has 1 aromatic rings. The summed E-state index contributed by atoms with van der Waals surface area (Å²) < 4.78 is 8.61. The summed E-state index contributed by atoms with van der Waals surface area (Å²) >= 11 is 2.25. The van der Waals surface area contributed by atoms with E-state index in [4.69, 9.17) is 15.2 Å². The van der Waals surface area contributed by atoms with Gasteiger partial charge in [0.1, 0.15) is 52.8 Å². The van der Waals surface area contributed by atoms with Gasteiger partial charge in [-0.3, -0.25) is 28.8 Å². The average molecular weight is 806 g/mol. The molecule has 8 atom stereocenters. The first-order valence-electron chi connectivity index (χ1n) is 17.0. The minimum atomic E-state index is -3.06. The molecular weight excluding hydrogens is 767 g/mol. The van der Waals surface area contributed by atoms with Crippen molar-refractivity contribution in [1.82, 2.24) is 20.0 Å². The number of rotatable bonds is 10. The SMILES string of the molecule is CC1(C)S[C@@H]2C(=O)C(=O)N2[C@H]1C(=O)OCS1(COC(=O)[C@@H]2N3C(=O)C(=O)[C@H]3SC2(C)C)[C@@H]2C(NC(=O)C(N)c3ccccc3)C(=O)N2[C@@H](C(=O)O)C1(C)C. The van der Waals surface area contributed by atoms with Gasteiger partial charge in [0.25, 0.3) is 23.4 Å². The summed E-state index contributed by atoms with van der Waals surface area (Å²) in [5.74, 6) is -8.79. The first kappa shape index (κ1) is 38.1. The number of hydrogen-bond acceptors (Lipinski definition) is 14. The number of β-lactam (4-membered cyclic amide) rings is 3. The Hall–Kier alpha value is -4.14. The maximum Gasteiger partial charge on any atom is 0.331 e. The van der Waals surface area contributed by atoms with Gasteiger partial charge < -0.3 is 40.3 Å². The number of carboxylic acids is 1. The standard InChI is InChI=1S/C34H39N5O12S3/c1-32(2)20(37-24(44)17(40)26(37)52-32)30(48)50-12-54(13-51-31(49)21-33(3,4)53-27-18(41)25(45)38(21)27)28-16(23(43)39(28)19(29(46)47)34(54,5)6)36-22(42)15(35)14-10-8-7-9-11-14/h7-11,15-16,19-21,26-28H,12-13,35H2,1-6H3,(H,36,42)(H,46,47)/t15?,16?,19-,20-,21-,26+,27+,28+/m0/s1. The van der Waals surface area contributed by atoms with E-state index in [2.05, 4.69) is 5.32 Å².